The summed E-state index contributed by atoms with van der Waals surface area (Å²) in [5.41, 5.74) is 3.20. The summed E-state index contributed by atoms with van der Waals surface area (Å²) < 4.78 is 134. The Morgan fingerprint density at radius 1 is 0.426 bits per heavy atom. The predicted octanol–water partition coefficient (Wildman–Crippen LogP) is 7.47. The Bertz CT molecular complexity index is 2310. The van der Waals surface area contributed by atoms with E-state index in [-0.39, 0.29) is 52.2 Å². The maximum Gasteiger partial charge on any atom is 0.264 e. The van der Waals surface area contributed by atoms with E-state index < -0.39 is 50.8 Å². The fourth-order valence-corrected chi connectivity index (χ4v) is 11.4. The fourth-order valence-electron chi connectivity index (χ4n) is 6.79. The van der Waals surface area contributed by atoms with E-state index in [9.17, 15) is 33.7 Å². The summed E-state index contributed by atoms with van der Waals surface area (Å²) in [6.45, 7) is 7.55. The van der Waals surface area contributed by atoms with Gasteiger partial charge in [-0.3, -0.25) is 8.37 Å². The zero-order valence-electron chi connectivity index (χ0n) is 39.7. The smallest absolute Gasteiger partial charge is 0.264 e. The molecule has 0 aromatic heterocycles. The van der Waals surface area contributed by atoms with E-state index in [4.69, 9.17) is 27.3 Å². The third kappa shape index (κ3) is 20.0. The van der Waals surface area contributed by atoms with Gasteiger partial charge in [0.15, 0.2) is 0 Å². The van der Waals surface area contributed by atoms with Gasteiger partial charge in [0.1, 0.15) is 23.0 Å². The molecule has 16 nitrogen and oxygen atoms in total. The Hall–Kier alpha value is -4.80. The molecule has 0 spiro atoms. The first-order valence-corrected chi connectivity index (χ1v) is 28.2. The van der Waals surface area contributed by atoms with Crippen LogP contribution < -0.4 is 18.9 Å². The summed E-state index contributed by atoms with van der Waals surface area (Å²) in [7, 11) is -8.73. The average Bonchev–Trinajstić information content (AvgIpc) is 3.31. The molecule has 0 saturated heterocycles. The van der Waals surface area contributed by atoms with Crippen LogP contribution in [-0.2, 0) is 74.8 Å². The highest BCUT2D eigenvalue weighted by molar-refractivity contribution is 7.90. The molecule has 0 saturated carbocycles. The molecule has 0 fully saturated rings. The zero-order chi connectivity index (χ0) is 50.4. The minimum absolute atomic E-state index is 0.0466. The molecule has 2 atom stereocenters. The van der Waals surface area contributed by atoms with Crippen LogP contribution >= 0.6 is 0 Å². The van der Waals surface area contributed by atoms with Crippen molar-refractivity contribution in [3.05, 3.63) is 145 Å². The third-order valence-corrected chi connectivity index (χ3v) is 16.3. The van der Waals surface area contributed by atoms with Crippen LogP contribution in [0.3, 0.4) is 0 Å². The number of allylic oxidation sites excluding steroid dienone is 2. The third-order valence-electron chi connectivity index (χ3n) is 10.5. The molecule has 4 aromatic rings. The lowest BCUT2D eigenvalue weighted by molar-refractivity contribution is 0.305. The summed E-state index contributed by atoms with van der Waals surface area (Å²) in [6.07, 6.45) is 6.84. The Morgan fingerprint density at radius 3 is 0.853 bits per heavy atom. The van der Waals surface area contributed by atoms with E-state index in [1.54, 1.807) is 89.1 Å². The van der Waals surface area contributed by atoms with Crippen molar-refractivity contribution >= 4 is 40.3 Å². The zero-order valence-corrected chi connectivity index (χ0v) is 43.0. The first-order valence-electron chi connectivity index (χ1n) is 21.6. The van der Waals surface area contributed by atoms with E-state index in [0.29, 0.717) is 48.7 Å². The Morgan fingerprint density at radius 2 is 0.662 bits per heavy atom. The topological polar surface area (TPSA) is 198 Å². The van der Waals surface area contributed by atoms with Crippen LogP contribution in [-0.4, -0.2) is 107 Å². The molecule has 0 radical (unpaired) electrons. The number of methoxy groups -OCH3 is 4. The van der Waals surface area contributed by atoms with E-state index >= 15 is 0 Å². The molecule has 0 aliphatic carbocycles. The molecule has 0 amide bonds. The second-order valence-electron chi connectivity index (χ2n) is 15.6. The minimum atomic E-state index is -3.83. The summed E-state index contributed by atoms with van der Waals surface area (Å²) in [5, 5.41) is -1.66. The van der Waals surface area contributed by atoms with Gasteiger partial charge in [-0.2, -0.15) is 25.4 Å². The molecular formula is C48H66N2O14S4. The van der Waals surface area contributed by atoms with Gasteiger partial charge in [0.2, 0.25) is 20.0 Å². The molecule has 0 bridgehead atoms. The highest BCUT2D eigenvalue weighted by atomic mass is 32.2. The Kier molecular flexibility index (Phi) is 23.7. The fraction of sp³-hybridized carbons (Fsp3) is 0.417. The molecule has 0 heterocycles. The van der Waals surface area contributed by atoms with Crippen molar-refractivity contribution in [2.75, 3.05) is 54.2 Å². The standard InChI is InChI=1S/2C24H33NO7S2/c2*1-5-6-7-24(16-17-32-33(4,26)27)34(28,29)25(18-20-8-12-22(30-2)13-9-20)19-21-10-14-23(31-3)15-11-21/h2*5,8-15,24H,1,6-7,16-19H2,2-4H3/t2*24-/m10/s1. The van der Waals surface area contributed by atoms with Gasteiger partial charge >= 0.3 is 0 Å². The number of hydrogen-bond acceptors (Lipinski definition) is 14. The van der Waals surface area contributed by atoms with Crippen LogP contribution in [0.2, 0.25) is 0 Å². The predicted molar refractivity (Wildman–Crippen MR) is 266 cm³/mol. The quantitative estimate of drug-likeness (QED) is 0.0368. The van der Waals surface area contributed by atoms with Gasteiger partial charge in [0, 0.05) is 26.2 Å². The van der Waals surface area contributed by atoms with E-state index in [1.165, 1.54) is 8.61 Å². The number of hydrogen-bond donors (Lipinski definition) is 0. The summed E-state index contributed by atoms with van der Waals surface area (Å²) >= 11 is 0. The SMILES string of the molecule is C=CCC[C@@H](CCOS(C)(=O)=O)S(=O)(=O)N(Cc1ccc(OC)cc1)Cc1ccc(OC)cc1.C=CCC[C@H](CCOS(C)(=O)=O)S(=O)(=O)N(Cc1ccc(OC)cc1)Cc1ccc(OC)cc1. The minimum Gasteiger partial charge on any atom is -0.497 e. The van der Waals surface area contributed by atoms with Crippen molar-refractivity contribution in [3.63, 3.8) is 0 Å². The van der Waals surface area contributed by atoms with Crippen molar-refractivity contribution in [2.24, 2.45) is 0 Å². The molecule has 4 rings (SSSR count). The van der Waals surface area contributed by atoms with Gasteiger partial charge in [-0.15, -0.1) is 13.2 Å². The van der Waals surface area contributed by atoms with Crippen molar-refractivity contribution in [1.82, 2.24) is 8.61 Å². The van der Waals surface area contributed by atoms with Crippen molar-refractivity contribution < 1.29 is 61.0 Å². The monoisotopic (exact) mass is 1020 g/mol. The normalized spacial score (nSPS) is 12.9. The average molecular weight is 1020 g/mol. The van der Waals surface area contributed by atoms with E-state index in [1.807, 2.05) is 48.5 Å². The number of benzene rings is 4. The van der Waals surface area contributed by atoms with Crippen molar-refractivity contribution in [1.29, 1.82) is 0 Å². The molecule has 20 heteroatoms. The first kappa shape index (κ1) is 57.5. The van der Waals surface area contributed by atoms with Crippen LogP contribution in [0.15, 0.2) is 122 Å². The Balaban J connectivity index is 0.000000360. The highest BCUT2D eigenvalue weighted by Crippen LogP contribution is 2.27. The number of ether oxygens (including phenoxy) is 4. The van der Waals surface area contributed by atoms with Crippen LogP contribution in [0.25, 0.3) is 0 Å². The first-order chi connectivity index (χ1) is 32.2. The lowest BCUT2D eigenvalue weighted by Gasteiger charge is -2.28. The Labute approximate surface area is 404 Å². The summed E-state index contributed by atoms with van der Waals surface area (Å²) in [4.78, 5) is 0. The van der Waals surface area contributed by atoms with Gasteiger partial charge in [-0.05, 0) is 109 Å². The molecule has 0 N–H and O–H groups in total. The van der Waals surface area contributed by atoms with E-state index in [0.717, 1.165) is 34.8 Å². The van der Waals surface area contributed by atoms with Crippen molar-refractivity contribution in [3.8, 4) is 23.0 Å². The van der Waals surface area contributed by atoms with Crippen molar-refractivity contribution in [2.45, 2.75) is 75.2 Å². The maximum atomic E-state index is 13.8. The van der Waals surface area contributed by atoms with Gasteiger partial charge in [0.25, 0.3) is 20.2 Å². The number of rotatable bonds is 30. The molecule has 376 valence electrons. The molecule has 68 heavy (non-hydrogen) atoms. The molecule has 0 unspecified atom stereocenters. The molecule has 0 aliphatic rings. The van der Waals surface area contributed by atoms with Crippen LogP contribution in [0.4, 0.5) is 0 Å². The lowest BCUT2D eigenvalue weighted by atomic mass is 10.2. The van der Waals surface area contributed by atoms with E-state index in [2.05, 4.69) is 13.2 Å². The van der Waals surface area contributed by atoms with Gasteiger partial charge < -0.3 is 18.9 Å². The van der Waals surface area contributed by atoms with Gasteiger partial charge in [-0.25, -0.2) is 16.8 Å². The molecule has 0 aliphatic heterocycles. The second-order valence-corrected chi connectivity index (χ2v) is 23.3. The molecule has 4 aromatic carbocycles. The van der Waals surface area contributed by atoms with Gasteiger partial charge in [0.05, 0.1) is 64.7 Å². The van der Waals surface area contributed by atoms with Crippen LogP contribution in [0.5, 0.6) is 23.0 Å². The number of nitrogens with zero attached hydrogens (tertiary/aromatic N) is 2. The summed E-state index contributed by atoms with van der Waals surface area (Å²) in [6, 6.07) is 28.8. The summed E-state index contributed by atoms with van der Waals surface area (Å²) in [5.74, 6) is 2.70. The van der Waals surface area contributed by atoms with Gasteiger partial charge in [-0.1, -0.05) is 60.7 Å². The molecular weight excluding hydrogens is 957 g/mol. The lowest BCUT2D eigenvalue weighted by Crippen LogP contribution is -2.38. The van der Waals surface area contributed by atoms with Crippen LogP contribution in [0.1, 0.15) is 60.8 Å². The maximum absolute atomic E-state index is 13.8. The van der Waals surface area contributed by atoms with Crippen LogP contribution in [0, 0.1) is 0 Å². The second kappa shape index (κ2) is 28.0. The highest BCUT2D eigenvalue weighted by Gasteiger charge is 2.33. The number of sulfonamides is 2. The largest absolute Gasteiger partial charge is 0.497 e.